The molecule has 130 valence electrons. The molecule has 25 heavy (non-hydrogen) atoms. The van der Waals surface area contributed by atoms with Gasteiger partial charge in [-0.3, -0.25) is 9.78 Å². The van der Waals surface area contributed by atoms with Crippen molar-refractivity contribution < 1.29 is 14.6 Å². The van der Waals surface area contributed by atoms with E-state index in [4.69, 9.17) is 4.74 Å². The fourth-order valence-electron chi connectivity index (χ4n) is 2.84. The third kappa shape index (κ3) is 3.39. The molecular formula is C19H21N3O3. The van der Waals surface area contributed by atoms with Gasteiger partial charge in [0, 0.05) is 30.1 Å². The fourth-order valence-corrected chi connectivity index (χ4v) is 2.84. The van der Waals surface area contributed by atoms with Crippen molar-refractivity contribution in [1.29, 1.82) is 0 Å². The summed E-state index contributed by atoms with van der Waals surface area (Å²) < 4.78 is 5.63. The van der Waals surface area contributed by atoms with Crippen LogP contribution >= 0.6 is 0 Å². The molecule has 0 saturated carbocycles. The molecule has 1 aliphatic rings. The van der Waals surface area contributed by atoms with Crippen molar-refractivity contribution in [3.63, 3.8) is 0 Å². The minimum absolute atomic E-state index is 0.196. The average molecular weight is 339 g/mol. The molecule has 1 aromatic carbocycles. The number of aliphatic hydroxyl groups is 1. The average Bonchev–Trinajstić information content (AvgIpc) is 3.00. The number of para-hydroxylation sites is 1. The number of rotatable bonds is 5. The maximum Gasteiger partial charge on any atom is 0.283 e. The number of hydrogen-bond donors (Lipinski definition) is 1. The van der Waals surface area contributed by atoms with Crippen LogP contribution in [0.4, 0.5) is 0 Å². The quantitative estimate of drug-likeness (QED) is 0.908. The maximum absolute atomic E-state index is 12.7. The van der Waals surface area contributed by atoms with Crippen LogP contribution in [-0.2, 0) is 10.5 Å². The van der Waals surface area contributed by atoms with Crippen LogP contribution in [0.1, 0.15) is 30.9 Å². The van der Waals surface area contributed by atoms with Gasteiger partial charge in [-0.2, -0.15) is 10.1 Å². The van der Waals surface area contributed by atoms with Crippen LogP contribution in [0.2, 0.25) is 0 Å². The molecule has 1 atom stereocenters. The largest absolute Gasteiger partial charge is 0.483 e. The molecule has 0 radical (unpaired) electrons. The van der Waals surface area contributed by atoms with Crippen LogP contribution in [0.15, 0.2) is 53.9 Å². The number of pyridine rings is 1. The molecule has 6 nitrogen and oxygen atoms in total. The van der Waals surface area contributed by atoms with Crippen molar-refractivity contribution in [2.75, 3.05) is 6.61 Å². The Bertz CT molecular complexity index is 792. The Balaban J connectivity index is 1.81. The van der Waals surface area contributed by atoms with Crippen molar-refractivity contribution in [2.24, 2.45) is 5.10 Å². The number of aryl methyl sites for hydroxylation is 1. The molecule has 1 N–H and O–H groups in total. The number of amides is 1. The number of carbonyl (C=O) groups excluding carboxylic acids is 1. The van der Waals surface area contributed by atoms with Crippen molar-refractivity contribution in [3.05, 3.63) is 59.9 Å². The third-order valence-electron chi connectivity index (χ3n) is 4.27. The Kier molecular flexibility index (Phi) is 4.81. The topological polar surface area (TPSA) is 75.0 Å². The summed E-state index contributed by atoms with van der Waals surface area (Å²) in [6.45, 7) is 3.67. The molecule has 6 heteroatoms. The molecule has 1 aromatic heterocycles. The van der Waals surface area contributed by atoms with Gasteiger partial charge in [-0.25, -0.2) is 0 Å². The normalized spacial score (nSPS) is 19.6. The summed E-state index contributed by atoms with van der Waals surface area (Å²) >= 11 is 0. The second-order valence-corrected chi connectivity index (χ2v) is 6.01. The van der Waals surface area contributed by atoms with Crippen LogP contribution in [0.5, 0.6) is 5.75 Å². The van der Waals surface area contributed by atoms with E-state index in [1.165, 1.54) is 0 Å². The van der Waals surface area contributed by atoms with Crippen LogP contribution in [0.25, 0.3) is 0 Å². The Morgan fingerprint density at radius 3 is 2.68 bits per heavy atom. The lowest BCUT2D eigenvalue weighted by atomic mass is 9.97. The van der Waals surface area contributed by atoms with Crippen molar-refractivity contribution >= 4 is 11.6 Å². The lowest BCUT2D eigenvalue weighted by molar-refractivity contribution is -0.159. The molecule has 0 spiro atoms. The Morgan fingerprint density at radius 2 is 2.00 bits per heavy atom. The van der Waals surface area contributed by atoms with Crippen LogP contribution in [0.3, 0.4) is 0 Å². The van der Waals surface area contributed by atoms with E-state index in [9.17, 15) is 9.90 Å². The van der Waals surface area contributed by atoms with Gasteiger partial charge in [0.15, 0.2) is 12.3 Å². The Labute approximate surface area is 146 Å². The minimum Gasteiger partial charge on any atom is -0.483 e. The standard InChI is InChI=1S/C19H21N3O3/c1-3-16-12-19(24,15-8-10-20-11-9-15)22(21-16)18(23)13-25-17-7-5-4-6-14(17)2/h4-11,24H,3,12-13H2,1-2H3/t19-/m0/s1. The number of hydrogen-bond acceptors (Lipinski definition) is 5. The first-order chi connectivity index (χ1) is 12.0. The summed E-state index contributed by atoms with van der Waals surface area (Å²) in [6, 6.07) is 10.9. The molecule has 2 aromatic rings. The number of aromatic nitrogens is 1. The fraction of sp³-hybridized carbons (Fsp3) is 0.316. The summed E-state index contributed by atoms with van der Waals surface area (Å²) in [4.78, 5) is 16.7. The molecule has 0 bridgehead atoms. The molecule has 3 rings (SSSR count). The van der Waals surface area contributed by atoms with Gasteiger partial charge in [0.05, 0.1) is 0 Å². The van der Waals surface area contributed by atoms with Gasteiger partial charge in [0.2, 0.25) is 0 Å². The van der Waals surface area contributed by atoms with Gasteiger partial charge in [-0.1, -0.05) is 25.1 Å². The van der Waals surface area contributed by atoms with Gasteiger partial charge >= 0.3 is 0 Å². The zero-order chi connectivity index (χ0) is 17.9. The molecule has 1 aliphatic heterocycles. The van der Waals surface area contributed by atoms with Crippen LogP contribution < -0.4 is 4.74 Å². The highest BCUT2D eigenvalue weighted by molar-refractivity contribution is 5.91. The number of carbonyl (C=O) groups is 1. The SMILES string of the molecule is CCC1=NN(C(=O)COc2ccccc2C)[C@@](O)(c2ccncc2)C1. The van der Waals surface area contributed by atoms with E-state index in [1.54, 1.807) is 24.5 Å². The second-order valence-electron chi connectivity index (χ2n) is 6.01. The van der Waals surface area contributed by atoms with Gasteiger partial charge < -0.3 is 9.84 Å². The highest BCUT2D eigenvalue weighted by atomic mass is 16.5. The molecule has 0 aliphatic carbocycles. The Morgan fingerprint density at radius 1 is 1.28 bits per heavy atom. The monoisotopic (exact) mass is 339 g/mol. The van der Waals surface area contributed by atoms with Crippen molar-refractivity contribution in [1.82, 2.24) is 9.99 Å². The number of hydrazone groups is 1. The van der Waals surface area contributed by atoms with E-state index in [0.717, 1.165) is 16.3 Å². The predicted molar refractivity (Wildman–Crippen MR) is 94.0 cm³/mol. The molecule has 0 fully saturated rings. The van der Waals surface area contributed by atoms with Crippen LogP contribution in [-0.4, -0.2) is 33.3 Å². The van der Waals surface area contributed by atoms with Gasteiger partial charge in [-0.15, -0.1) is 0 Å². The predicted octanol–water partition coefficient (Wildman–Crippen LogP) is 2.61. The molecule has 2 heterocycles. The third-order valence-corrected chi connectivity index (χ3v) is 4.27. The lowest BCUT2D eigenvalue weighted by Gasteiger charge is -2.31. The van der Waals surface area contributed by atoms with Gasteiger partial charge in [0.1, 0.15) is 5.75 Å². The molecular weight excluding hydrogens is 318 g/mol. The number of benzene rings is 1. The van der Waals surface area contributed by atoms with Gasteiger partial charge in [-0.05, 0) is 37.1 Å². The molecule has 0 unspecified atom stereocenters. The number of ether oxygens (including phenoxy) is 1. The Hall–Kier alpha value is -2.73. The van der Waals surface area contributed by atoms with Gasteiger partial charge in [0.25, 0.3) is 5.91 Å². The van der Waals surface area contributed by atoms with Crippen molar-refractivity contribution in [3.8, 4) is 5.75 Å². The second kappa shape index (κ2) is 7.03. The van der Waals surface area contributed by atoms with Crippen LogP contribution in [0, 0.1) is 6.92 Å². The highest BCUT2D eigenvalue weighted by Gasteiger charge is 2.45. The summed E-state index contributed by atoms with van der Waals surface area (Å²) in [5.74, 6) is 0.244. The summed E-state index contributed by atoms with van der Waals surface area (Å²) in [7, 11) is 0. The van der Waals surface area contributed by atoms with E-state index < -0.39 is 11.6 Å². The van der Waals surface area contributed by atoms with E-state index in [-0.39, 0.29) is 13.0 Å². The highest BCUT2D eigenvalue weighted by Crippen LogP contribution is 2.35. The minimum atomic E-state index is -1.50. The summed E-state index contributed by atoms with van der Waals surface area (Å²) in [5, 5.41) is 16.6. The van der Waals surface area contributed by atoms with E-state index >= 15 is 0 Å². The first-order valence-corrected chi connectivity index (χ1v) is 8.25. The smallest absolute Gasteiger partial charge is 0.283 e. The van der Waals surface area contributed by atoms with E-state index in [1.807, 2.05) is 38.1 Å². The zero-order valence-corrected chi connectivity index (χ0v) is 14.3. The number of nitrogens with zero attached hydrogens (tertiary/aromatic N) is 3. The first-order valence-electron chi connectivity index (χ1n) is 8.25. The molecule has 0 saturated heterocycles. The van der Waals surface area contributed by atoms with E-state index in [0.29, 0.717) is 17.7 Å². The van der Waals surface area contributed by atoms with Crippen molar-refractivity contribution in [2.45, 2.75) is 32.4 Å². The zero-order valence-electron chi connectivity index (χ0n) is 14.3. The lowest BCUT2D eigenvalue weighted by Crippen LogP contribution is -2.45. The van der Waals surface area contributed by atoms with E-state index in [2.05, 4.69) is 10.1 Å². The maximum atomic E-state index is 12.7. The summed E-state index contributed by atoms with van der Waals surface area (Å²) in [5.41, 5.74) is 0.793. The first kappa shape index (κ1) is 17.1. The summed E-state index contributed by atoms with van der Waals surface area (Å²) in [6.07, 6.45) is 4.12. The molecule has 1 amide bonds.